The summed E-state index contributed by atoms with van der Waals surface area (Å²) in [7, 11) is 0. The molecule has 13 heavy (non-hydrogen) atoms. The van der Waals surface area contributed by atoms with Crippen LogP contribution in [0.1, 0.15) is 25.7 Å². The van der Waals surface area contributed by atoms with E-state index in [4.69, 9.17) is 0 Å². The standard InChI is InChI=1S/C11H20N2/c1-2-9(1)8-13-6-5-12-7-11(13)10-3-4-10/h9-12H,1-8H2. The fourth-order valence-electron chi connectivity index (χ4n) is 2.57. The summed E-state index contributed by atoms with van der Waals surface area (Å²) in [5.74, 6) is 2.12. The van der Waals surface area contributed by atoms with Gasteiger partial charge in [0.15, 0.2) is 0 Å². The molecule has 2 saturated carbocycles. The fourth-order valence-corrected chi connectivity index (χ4v) is 2.57. The Morgan fingerprint density at radius 1 is 1.15 bits per heavy atom. The topological polar surface area (TPSA) is 15.3 Å². The third-order valence-corrected chi connectivity index (χ3v) is 3.75. The summed E-state index contributed by atoms with van der Waals surface area (Å²) in [6, 6.07) is 0.898. The van der Waals surface area contributed by atoms with Gasteiger partial charge in [0, 0.05) is 32.2 Å². The molecule has 1 heterocycles. The van der Waals surface area contributed by atoms with Crippen molar-refractivity contribution < 1.29 is 0 Å². The zero-order valence-corrected chi connectivity index (χ0v) is 8.34. The Kier molecular flexibility index (Phi) is 2.06. The largest absolute Gasteiger partial charge is 0.314 e. The summed E-state index contributed by atoms with van der Waals surface area (Å²) in [5, 5.41) is 3.54. The van der Waals surface area contributed by atoms with E-state index in [0.29, 0.717) is 0 Å². The van der Waals surface area contributed by atoms with Crippen molar-refractivity contribution in [3.8, 4) is 0 Å². The van der Waals surface area contributed by atoms with Gasteiger partial charge in [-0.25, -0.2) is 0 Å². The van der Waals surface area contributed by atoms with Gasteiger partial charge in [0.05, 0.1) is 0 Å². The van der Waals surface area contributed by atoms with E-state index in [-0.39, 0.29) is 0 Å². The van der Waals surface area contributed by atoms with Crippen LogP contribution in [0.3, 0.4) is 0 Å². The first-order chi connectivity index (χ1) is 6.43. The lowest BCUT2D eigenvalue weighted by Crippen LogP contribution is -2.52. The molecule has 0 spiro atoms. The van der Waals surface area contributed by atoms with Gasteiger partial charge in [0.1, 0.15) is 0 Å². The quantitative estimate of drug-likeness (QED) is 0.699. The minimum absolute atomic E-state index is 0.898. The van der Waals surface area contributed by atoms with Crippen LogP contribution >= 0.6 is 0 Å². The van der Waals surface area contributed by atoms with Crippen molar-refractivity contribution in [1.29, 1.82) is 0 Å². The predicted octanol–water partition coefficient (Wildman–Crippen LogP) is 1.08. The maximum atomic E-state index is 3.54. The smallest absolute Gasteiger partial charge is 0.0249 e. The van der Waals surface area contributed by atoms with E-state index in [9.17, 15) is 0 Å². The monoisotopic (exact) mass is 180 g/mol. The van der Waals surface area contributed by atoms with E-state index in [0.717, 1.165) is 17.9 Å². The van der Waals surface area contributed by atoms with Gasteiger partial charge in [-0.3, -0.25) is 4.90 Å². The Balaban J connectivity index is 1.59. The number of nitrogens with one attached hydrogen (secondary N) is 1. The zero-order valence-electron chi connectivity index (χ0n) is 8.34. The molecule has 0 aromatic rings. The molecule has 2 nitrogen and oxygen atoms in total. The van der Waals surface area contributed by atoms with Crippen molar-refractivity contribution in [3.63, 3.8) is 0 Å². The number of hydrogen-bond donors (Lipinski definition) is 1. The summed E-state index contributed by atoms with van der Waals surface area (Å²) < 4.78 is 0. The molecule has 0 amide bonds. The second kappa shape index (κ2) is 3.25. The Bertz CT molecular complexity index is 185. The fraction of sp³-hybridized carbons (Fsp3) is 1.00. The zero-order chi connectivity index (χ0) is 8.67. The summed E-state index contributed by atoms with van der Waals surface area (Å²) in [4.78, 5) is 2.77. The minimum Gasteiger partial charge on any atom is -0.314 e. The van der Waals surface area contributed by atoms with Gasteiger partial charge in [0.2, 0.25) is 0 Å². The molecule has 1 N–H and O–H groups in total. The highest BCUT2D eigenvalue weighted by Crippen LogP contribution is 2.38. The Hall–Kier alpha value is -0.0800. The van der Waals surface area contributed by atoms with Gasteiger partial charge in [-0.05, 0) is 37.5 Å². The molecule has 0 bridgehead atoms. The van der Waals surface area contributed by atoms with Crippen LogP contribution in [-0.2, 0) is 0 Å². The third kappa shape index (κ3) is 1.89. The van der Waals surface area contributed by atoms with Crippen LogP contribution < -0.4 is 5.32 Å². The van der Waals surface area contributed by atoms with Crippen molar-refractivity contribution in [2.45, 2.75) is 31.7 Å². The SMILES string of the molecule is C1CN(CC2CC2)C(C2CC2)CN1. The summed E-state index contributed by atoms with van der Waals surface area (Å²) >= 11 is 0. The van der Waals surface area contributed by atoms with Crippen LogP contribution in [-0.4, -0.2) is 37.1 Å². The molecule has 1 aliphatic heterocycles. The molecule has 0 aromatic heterocycles. The first-order valence-electron chi connectivity index (χ1n) is 5.88. The van der Waals surface area contributed by atoms with Crippen LogP contribution in [0.2, 0.25) is 0 Å². The number of nitrogens with zero attached hydrogens (tertiary/aromatic N) is 1. The van der Waals surface area contributed by atoms with Gasteiger partial charge in [-0.15, -0.1) is 0 Å². The summed E-state index contributed by atoms with van der Waals surface area (Å²) in [5.41, 5.74) is 0. The van der Waals surface area contributed by atoms with Gasteiger partial charge < -0.3 is 5.32 Å². The highest BCUT2D eigenvalue weighted by atomic mass is 15.2. The lowest BCUT2D eigenvalue weighted by molar-refractivity contribution is 0.137. The Labute approximate surface area is 80.7 Å². The first kappa shape index (κ1) is 8.25. The predicted molar refractivity (Wildman–Crippen MR) is 53.7 cm³/mol. The Morgan fingerprint density at radius 2 is 2.00 bits per heavy atom. The maximum absolute atomic E-state index is 3.54. The van der Waals surface area contributed by atoms with E-state index in [2.05, 4.69) is 10.2 Å². The summed E-state index contributed by atoms with van der Waals surface area (Å²) in [6.07, 6.45) is 5.99. The van der Waals surface area contributed by atoms with E-state index >= 15 is 0 Å². The molecule has 2 heteroatoms. The average molecular weight is 180 g/mol. The average Bonchev–Trinajstić information content (AvgIpc) is 3.00. The normalized spacial score (nSPS) is 36.5. The van der Waals surface area contributed by atoms with Gasteiger partial charge in [0.25, 0.3) is 0 Å². The van der Waals surface area contributed by atoms with Crippen molar-refractivity contribution in [1.82, 2.24) is 10.2 Å². The lowest BCUT2D eigenvalue weighted by Gasteiger charge is -2.36. The molecule has 3 fully saturated rings. The molecule has 1 atom stereocenters. The molecule has 2 aliphatic carbocycles. The number of piperazine rings is 1. The van der Waals surface area contributed by atoms with Crippen molar-refractivity contribution in [3.05, 3.63) is 0 Å². The molecule has 74 valence electrons. The molecular weight excluding hydrogens is 160 g/mol. The van der Waals surface area contributed by atoms with E-state index in [1.807, 2.05) is 0 Å². The molecule has 0 radical (unpaired) electrons. The van der Waals surface area contributed by atoms with Crippen LogP contribution in [0.25, 0.3) is 0 Å². The highest BCUT2D eigenvalue weighted by molar-refractivity contribution is 4.93. The number of hydrogen-bond acceptors (Lipinski definition) is 2. The highest BCUT2D eigenvalue weighted by Gasteiger charge is 2.38. The Morgan fingerprint density at radius 3 is 2.69 bits per heavy atom. The molecule has 1 saturated heterocycles. The molecule has 3 rings (SSSR count). The third-order valence-electron chi connectivity index (χ3n) is 3.75. The van der Waals surface area contributed by atoms with Gasteiger partial charge >= 0.3 is 0 Å². The second-order valence-electron chi connectivity index (χ2n) is 5.05. The summed E-state index contributed by atoms with van der Waals surface area (Å²) in [6.45, 7) is 5.19. The maximum Gasteiger partial charge on any atom is 0.0249 e. The minimum atomic E-state index is 0.898. The van der Waals surface area contributed by atoms with E-state index in [1.54, 1.807) is 0 Å². The van der Waals surface area contributed by atoms with Crippen LogP contribution in [0.5, 0.6) is 0 Å². The van der Waals surface area contributed by atoms with Gasteiger partial charge in [-0.1, -0.05) is 0 Å². The van der Waals surface area contributed by atoms with Crippen LogP contribution in [0.4, 0.5) is 0 Å². The van der Waals surface area contributed by atoms with Gasteiger partial charge in [-0.2, -0.15) is 0 Å². The second-order valence-corrected chi connectivity index (χ2v) is 5.05. The van der Waals surface area contributed by atoms with Crippen molar-refractivity contribution in [2.24, 2.45) is 11.8 Å². The van der Waals surface area contributed by atoms with Crippen LogP contribution in [0.15, 0.2) is 0 Å². The molecule has 1 unspecified atom stereocenters. The molecule has 0 aromatic carbocycles. The number of rotatable bonds is 3. The van der Waals surface area contributed by atoms with Crippen molar-refractivity contribution in [2.75, 3.05) is 26.2 Å². The lowest BCUT2D eigenvalue weighted by atomic mass is 10.1. The first-order valence-corrected chi connectivity index (χ1v) is 5.88. The van der Waals surface area contributed by atoms with E-state index in [1.165, 1.54) is 51.9 Å². The van der Waals surface area contributed by atoms with Crippen molar-refractivity contribution >= 4 is 0 Å². The molecule has 3 aliphatic rings. The van der Waals surface area contributed by atoms with E-state index < -0.39 is 0 Å². The molecular formula is C11H20N2. The van der Waals surface area contributed by atoms with Crippen LogP contribution in [0, 0.1) is 11.8 Å².